The molecule has 0 N–H and O–H groups in total. The van der Waals surface area contributed by atoms with E-state index in [1.165, 1.54) is 0 Å². The number of rotatable bonds is 2. The van der Waals surface area contributed by atoms with Crippen molar-refractivity contribution in [2.24, 2.45) is 7.05 Å². The van der Waals surface area contributed by atoms with Crippen LogP contribution in [0.25, 0.3) is 21.5 Å². The summed E-state index contributed by atoms with van der Waals surface area (Å²) in [5.41, 5.74) is 1.34. The zero-order chi connectivity index (χ0) is 16.1. The van der Waals surface area contributed by atoms with Gasteiger partial charge in [-0.2, -0.15) is 0 Å². The maximum absolute atomic E-state index is 15.1. The Morgan fingerprint density at radius 1 is 1.18 bits per heavy atom. The molecule has 0 spiro atoms. The van der Waals surface area contributed by atoms with Crippen molar-refractivity contribution in [2.75, 3.05) is 0 Å². The highest BCUT2D eigenvalue weighted by molar-refractivity contribution is 6.04. The van der Waals surface area contributed by atoms with Crippen LogP contribution in [-0.2, 0) is 19.1 Å². The quantitative estimate of drug-likeness (QED) is 0.509. The van der Waals surface area contributed by atoms with Gasteiger partial charge in [0, 0.05) is 17.4 Å². The van der Waals surface area contributed by atoms with E-state index < -0.39 is 5.67 Å². The van der Waals surface area contributed by atoms with Crippen LogP contribution in [0.5, 0.6) is 0 Å². The monoisotopic (exact) mass is 297 g/mol. The van der Waals surface area contributed by atoms with Crippen molar-refractivity contribution in [3.63, 3.8) is 0 Å². The molecule has 1 heterocycles. The fraction of sp³-hybridized carbons (Fsp3) is 0.368. The maximum Gasteiger partial charge on any atom is 0.215 e. The Balaban J connectivity index is 2.66. The third-order valence-electron chi connectivity index (χ3n) is 4.34. The maximum atomic E-state index is 15.1. The molecule has 0 aliphatic rings. The van der Waals surface area contributed by atoms with Gasteiger partial charge in [0.15, 0.2) is 7.05 Å². The van der Waals surface area contributed by atoms with E-state index in [4.69, 9.17) is 0 Å². The van der Waals surface area contributed by atoms with Crippen LogP contribution in [0.1, 0.15) is 37.7 Å². The minimum atomic E-state index is -1.42. The number of hydrogen-bond donors (Lipinski definition) is 0. The minimum Gasteiger partial charge on any atom is -0.239 e. The van der Waals surface area contributed by atoms with Gasteiger partial charge < -0.3 is 0 Å². The third kappa shape index (κ3) is 2.16. The van der Waals surface area contributed by atoms with Crippen LogP contribution in [0.15, 0.2) is 30.3 Å². The summed E-state index contributed by atoms with van der Waals surface area (Å²) in [4.78, 5) is 0. The van der Waals surface area contributed by atoms with Crippen molar-refractivity contribution < 1.29 is 9.07 Å². The summed E-state index contributed by atoms with van der Waals surface area (Å²) in [7, 11) is 1.96. The van der Waals surface area contributed by atoms with Crippen LogP contribution in [0, 0.1) is 6.92 Å². The van der Waals surface area contributed by atoms with Crippen molar-refractivity contribution >= 4 is 21.5 Å². The third-order valence-corrected chi connectivity index (χ3v) is 4.34. The van der Waals surface area contributed by atoms with Crippen LogP contribution in [0.3, 0.4) is 0 Å². The largest absolute Gasteiger partial charge is 0.239 e. The number of halogens is 1. The normalized spacial score (nSPS) is 12.3. The lowest BCUT2D eigenvalue weighted by atomic mass is 9.87. The van der Waals surface area contributed by atoms with Gasteiger partial charge in [-0.1, -0.05) is 35.9 Å². The Hall–Kier alpha value is -2.03. The summed E-state index contributed by atoms with van der Waals surface area (Å²) in [6, 6.07) is 10.2. The van der Waals surface area contributed by atoms with Gasteiger partial charge in [-0.15, -0.1) is 0 Å². The number of aryl methyl sites for hydroxylation is 3. The molecule has 0 unspecified atom stereocenters. The summed E-state index contributed by atoms with van der Waals surface area (Å²) in [6.45, 7) is 7.34. The van der Waals surface area contributed by atoms with Gasteiger partial charge in [0.1, 0.15) is 11.4 Å². The molecule has 2 nitrogen and oxygen atoms in total. The Labute approximate surface area is 130 Å². The van der Waals surface area contributed by atoms with Crippen molar-refractivity contribution in [2.45, 2.75) is 39.8 Å². The van der Waals surface area contributed by atoms with E-state index in [2.05, 4.69) is 24.2 Å². The minimum absolute atomic E-state index is 0.751. The molecule has 0 radical (unpaired) electrons. The molecule has 0 fully saturated rings. The number of nitrogens with zero attached hydrogens (tertiary/aromatic N) is 2. The first-order valence-corrected chi connectivity index (χ1v) is 7.75. The Bertz CT molecular complexity index is 876. The molecule has 0 saturated carbocycles. The average molecular weight is 297 g/mol. The Morgan fingerprint density at radius 2 is 1.86 bits per heavy atom. The highest BCUT2D eigenvalue weighted by atomic mass is 19.1. The Kier molecular flexibility index (Phi) is 3.39. The highest BCUT2D eigenvalue weighted by Gasteiger charge is 2.28. The van der Waals surface area contributed by atoms with Crippen LogP contribution in [-0.4, -0.2) is 5.10 Å². The van der Waals surface area contributed by atoms with Gasteiger partial charge in [0.25, 0.3) is 0 Å². The summed E-state index contributed by atoms with van der Waals surface area (Å²) < 4.78 is 17.0. The molecule has 0 atom stereocenters. The highest BCUT2D eigenvalue weighted by Crippen LogP contribution is 2.39. The number of benzene rings is 2. The number of fused-ring (bicyclic) bond motifs is 2. The molecule has 1 aromatic heterocycles. The molecule has 3 rings (SSSR count). The summed E-state index contributed by atoms with van der Waals surface area (Å²) in [6.07, 6.45) is 0.866. The van der Waals surface area contributed by atoms with Crippen molar-refractivity contribution in [1.82, 2.24) is 5.10 Å². The molecule has 3 aromatic rings. The first-order chi connectivity index (χ1) is 10.3. The lowest BCUT2D eigenvalue weighted by molar-refractivity contribution is -0.736. The summed E-state index contributed by atoms with van der Waals surface area (Å²) in [5.74, 6) is 0. The smallest absolute Gasteiger partial charge is 0.215 e. The topological polar surface area (TPSA) is 16.8 Å². The van der Waals surface area contributed by atoms with Crippen LogP contribution in [0.2, 0.25) is 0 Å². The van der Waals surface area contributed by atoms with E-state index in [0.717, 1.165) is 44.9 Å². The van der Waals surface area contributed by atoms with E-state index in [0.29, 0.717) is 0 Å². The van der Waals surface area contributed by atoms with Gasteiger partial charge in [-0.3, -0.25) is 0 Å². The van der Waals surface area contributed by atoms with E-state index in [-0.39, 0.29) is 0 Å². The molecule has 0 saturated heterocycles. The lowest BCUT2D eigenvalue weighted by Gasteiger charge is -2.21. The first kappa shape index (κ1) is 14.9. The predicted molar refractivity (Wildman–Crippen MR) is 88.7 cm³/mol. The molecule has 0 aliphatic heterocycles. The van der Waals surface area contributed by atoms with Crippen molar-refractivity contribution in [3.8, 4) is 0 Å². The second kappa shape index (κ2) is 5.01. The molecule has 0 aliphatic carbocycles. The fourth-order valence-electron chi connectivity index (χ4n) is 3.50. The van der Waals surface area contributed by atoms with Gasteiger partial charge >= 0.3 is 0 Å². The number of hydrogen-bond acceptors (Lipinski definition) is 1. The first-order valence-electron chi connectivity index (χ1n) is 7.75. The second-order valence-corrected chi connectivity index (χ2v) is 6.38. The zero-order valence-electron chi connectivity index (χ0n) is 13.9. The molecule has 0 amide bonds. The predicted octanol–water partition coefficient (Wildman–Crippen LogP) is 4.29. The molecule has 2 aromatic carbocycles. The zero-order valence-corrected chi connectivity index (χ0v) is 13.9. The average Bonchev–Trinajstić information content (AvgIpc) is 2.44. The van der Waals surface area contributed by atoms with E-state index in [1.807, 2.05) is 36.9 Å². The van der Waals surface area contributed by atoms with Crippen LogP contribution < -0.4 is 4.68 Å². The van der Waals surface area contributed by atoms with Crippen LogP contribution >= 0.6 is 0 Å². The van der Waals surface area contributed by atoms with Crippen LogP contribution in [0.4, 0.5) is 4.39 Å². The summed E-state index contributed by atoms with van der Waals surface area (Å²) >= 11 is 0. The van der Waals surface area contributed by atoms with Gasteiger partial charge in [-0.05, 0) is 42.7 Å². The lowest BCUT2D eigenvalue weighted by Crippen LogP contribution is -2.39. The van der Waals surface area contributed by atoms with Gasteiger partial charge in [0.2, 0.25) is 5.69 Å². The van der Waals surface area contributed by atoms with Gasteiger partial charge in [0.05, 0.1) is 5.39 Å². The van der Waals surface area contributed by atoms with Crippen molar-refractivity contribution in [1.29, 1.82) is 0 Å². The standard InChI is InChI=1S/C19H22FN2/c1-6-16-15-11-13-9-7-8-10-14(13)18(19(3,4)20)17(15)12(2)21-22(16)5/h7-11H,6H2,1-5H3/q+1. The Morgan fingerprint density at radius 3 is 2.50 bits per heavy atom. The molecule has 22 heavy (non-hydrogen) atoms. The summed E-state index contributed by atoms with van der Waals surface area (Å²) in [5, 5.41) is 8.73. The second-order valence-electron chi connectivity index (χ2n) is 6.38. The molecule has 114 valence electrons. The SMILES string of the molecule is CCc1c2cc3ccccc3c(C(C)(C)F)c2c(C)n[n+]1C. The van der Waals surface area contributed by atoms with Crippen molar-refractivity contribution in [3.05, 3.63) is 47.3 Å². The molecule has 3 heteroatoms. The molecular weight excluding hydrogens is 275 g/mol. The van der Waals surface area contributed by atoms with Gasteiger partial charge in [-0.25, -0.2) is 4.39 Å². The molecule has 0 bridgehead atoms. The fourth-order valence-corrected chi connectivity index (χ4v) is 3.50. The van der Waals surface area contributed by atoms with E-state index >= 15 is 4.39 Å². The number of alkyl halides is 1. The van der Waals surface area contributed by atoms with E-state index in [9.17, 15) is 0 Å². The molecular formula is C19H22FN2+. The number of aromatic nitrogens is 2. The van der Waals surface area contributed by atoms with E-state index in [1.54, 1.807) is 13.8 Å².